The fourth-order valence-electron chi connectivity index (χ4n) is 3.05. The number of carbonyl (C=O) groups is 2. The number of anilines is 1. The molecule has 1 aliphatic rings. The van der Waals surface area contributed by atoms with Crippen LogP contribution in [0.4, 0.5) is 5.69 Å². The van der Waals surface area contributed by atoms with Gasteiger partial charge in [0.05, 0.1) is 5.69 Å². The molecule has 0 saturated carbocycles. The maximum Gasteiger partial charge on any atom is 0.258 e. The average Bonchev–Trinajstić information content (AvgIpc) is 2.74. The van der Waals surface area contributed by atoms with Gasteiger partial charge in [-0.2, -0.15) is 0 Å². The van der Waals surface area contributed by atoms with E-state index in [0.717, 1.165) is 6.42 Å². The monoisotopic (exact) mass is 313 g/mol. The largest absolute Gasteiger partial charge is 0.269 e. The minimum Gasteiger partial charge on any atom is -0.269 e. The lowest BCUT2D eigenvalue weighted by Gasteiger charge is -2.36. The van der Waals surface area contributed by atoms with Crippen LogP contribution in [0.15, 0.2) is 36.4 Å². The Bertz CT molecular complexity index is 609. The van der Waals surface area contributed by atoms with Crippen molar-refractivity contribution in [2.24, 2.45) is 10.8 Å². The first-order valence-corrected chi connectivity index (χ1v) is 8.15. The topological polar surface area (TPSA) is 37.4 Å². The van der Waals surface area contributed by atoms with Gasteiger partial charge in [0.1, 0.15) is 0 Å². The van der Waals surface area contributed by atoms with E-state index in [1.807, 2.05) is 12.1 Å². The Labute approximate surface area is 139 Å². The highest BCUT2D eigenvalue weighted by atomic mass is 16.2. The number of hydrogen-bond donors (Lipinski definition) is 0. The highest BCUT2D eigenvalue weighted by Crippen LogP contribution is 2.43. The summed E-state index contributed by atoms with van der Waals surface area (Å²) in [5, 5.41) is 0. The van der Waals surface area contributed by atoms with Crippen LogP contribution in [0.5, 0.6) is 0 Å². The minimum absolute atomic E-state index is 0.148. The number of rotatable bonds is 3. The molecule has 0 saturated heterocycles. The highest BCUT2D eigenvalue weighted by molar-refractivity contribution is 6.28. The Morgan fingerprint density at radius 3 is 1.74 bits per heavy atom. The zero-order valence-electron chi connectivity index (χ0n) is 15.0. The lowest BCUT2D eigenvalue weighted by molar-refractivity contribution is -0.119. The molecule has 0 bridgehead atoms. The van der Waals surface area contributed by atoms with Gasteiger partial charge in [-0.3, -0.25) is 9.59 Å². The summed E-state index contributed by atoms with van der Waals surface area (Å²) < 4.78 is 0. The summed E-state index contributed by atoms with van der Waals surface area (Å²) in [5.74, 6) is -0.130. The predicted molar refractivity (Wildman–Crippen MR) is 94.3 cm³/mol. The zero-order valence-corrected chi connectivity index (χ0v) is 15.0. The van der Waals surface area contributed by atoms with Crippen LogP contribution >= 0.6 is 0 Å². The first-order valence-electron chi connectivity index (χ1n) is 8.15. The maximum atomic E-state index is 11.8. The molecular weight excluding hydrogens is 286 g/mol. The molecule has 0 aromatic heterocycles. The van der Waals surface area contributed by atoms with Crippen LogP contribution in [0, 0.1) is 10.8 Å². The van der Waals surface area contributed by atoms with E-state index in [0.29, 0.717) is 11.6 Å². The molecule has 1 atom stereocenters. The molecule has 1 heterocycles. The Kier molecular flexibility index (Phi) is 4.52. The van der Waals surface area contributed by atoms with E-state index < -0.39 is 0 Å². The molecule has 2 amide bonds. The fourth-order valence-corrected chi connectivity index (χ4v) is 3.05. The second kappa shape index (κ2) is 5.95. The molecule has 0 fully saturated rings. The van der Waals surface area contributed by atoms with E-state index in [2.05, 4.69) is 53.7 Å². The van der Waals surface area contributed by atoms with Crippen LogP contribution in [-0.4, -0.2) is 11.8 Å². The Hall–Kier alpha value is -1.90. The summed E-state index contributed by atoms with van der Waals surface area (Å²) in [5.41, 5.74) is 2.28. The molecule has 0 aliphatic carbocycles. The van der Waals surface area contributed by atoms with Crippen LogP contribution in [0.25, 0.3) is 0 Å². The molecule has 3 nitrogen and oxygen atoms in total. The summed E-state index contributed by atoms with van der Waals surface area (Å²) >= 11 is 0. The van der Waals surface area contributed by atoms with E-state index in [1.165, 1.54) is 22.6 Å². The van der Waals surface area contributed by atoms with Crippen molar-refractivity contribution in [2.45, 2.75) is 53.9 Å². The van der Waals surface area contributed by atoms with Gasteiger partial charge in [-0.25, -0.2) is 4.90 Å². The van der Waals surface area contributed by atoms with Gasteiger partial charge in [-0.05, 0) is 40.9 Å². The summed E-state index contributed by atoms with van der Waals surface area (Å²) in [4.78, 5) is 24.7. The fraction of sp³-hybridized carbons (Fsp3) is 0.500. The SMILES string of the molecule is CC(C)(C)CC(c1ccc(N2C(=O)C=CC2=O)cc1)C(C)(C)C. The first kappa shape index (κ1) is 17.5. The molecule has 124 valence electrons. The van der Waals surface area contributed by atoms with Gasteiger partial charge in [0, 0.05) is 12.2 Å². The second-order valence-corrected chi connectivity index (χ2v) is 8.62. The third kappa shape index (κ3) is 4.10. The van der Waals surface area contributed by atoms with Gasteiger partial charge in [-0.15, -0.1) is 0 Å². The number of carbonyl (C=O) groups excluding carboxylic acids is 2. The number of amides is 2. The van der Waals surface area contributed by atoms with Gasteiger partial charge in [0.15, 0.2) is 0 Å². The van der Waals surface area contributed by atoms with Crippen molar-refractivity contribution < 1.29 is 9.59 Å². The summed E-state index contributed by atoms with van der Waals surface area (Å²) in [6.45, 7) is 13.5. The van der Waals surface area contributed by atoms with Crippen LogP contribution in [-0.2, 0) is 9.59 Å². The summed E-state index contributed by atoms with van der Waals surface area (Å²) in [7, 11) is 0. The van der Waals surface area contributed by atoms with Crippen LogP contribution in [0.1, 0.15) is 59.4 Å². The molecule has 1 aromatic carbocycles. The van der Waals surface area contributed by atoms with E-state index in [9.17, 15) is 9.59 Å². The van der Waals surface area contributed by atoms with E-state index in [-0.39, 0.29) is 22.6 Å². The zero-order chi connectivity index (χ0) is 17.4. The van der Waals surface area contributed by atoms with Crippen LogP contribution < -0.4 is 4.90 Å². The molecule has 1 unspecified atom stereocenters. The van der Waals surface area contributed by atoms with Gasteiger partial charge >= 0.3 is 0 Å². The highest BCUT2D eigenvalue weighted by Gasteiger charge is 2.31. The smallest absolute Gasteiger partial charge is 0.258 e. The number of benzene rings is 1. The van der Waals surface area contributed by atoms with Crippen molar-refractivity contribution in [1.29, 1.82) is 0 Å². The molecule has 1 aromatic rings. The molecule has 3 heteroatoms. The van der Waals surface area contributed by atoms with Gasteiger partial charge in [-0.1, -0.05) is 53.7 Å². The van der Waals surface area contributed by atoms with Crippen molar-refractivity contribution >= 4 is 17.5 Å². The molecule has 2 rings (SSSR count). The van der Waals surface area contributed by atoms with Crippen molar-refractivity contribution in [1.82, 2.24) is 0 Å². The first-order chi connectivity index (χ1) is 10.5. The molecule has 1 aliphatic heterocycles. The quantitative estimate of drug-likeness (QED) is 0.760. The van der Waals surface area contributed by atoms with Crippen molar-refractivity contribution in [2.75, 3.05) is 4.90 Å². The second-order valence-electron chi connectivity index (χ2n) is 8.62. The molecule has 0 N–H and O–H groups in total. The summed E-state index contributed by atoms with van der Waals surface area (Å²) in [6.07, 6.45) is 3.71. The van der Waals surface area contributed by atoms with E-state index >= 15 is 0 Å². The van der Waals surface area contributed by atoms with Crippen molar-refractivity contribution in [3.63, 3.8) is 0 Å². The molecule has 0 spiro atoms. The number of hydrogen-bond acceptors (Lipinski definition) is 2. The molecular formula is C20H27NO2. The normalized spacial score (nSPS) is 17.0. The van der Waals surface area contributed by atoms with Gasteiger partial charge < -0.3 is 0 Å². The molecule has 0 radical (unpaired) electrons. The van der Waals surface area contributed by atoms with Gasteiger partial charge in [0.2, 0.25) is 0 Å². The summed E-state index contributed by atoms with van der Waals surface area (Å²) in [6, 6.07) is 7.85. The van der Waals surface area contributed by atoms with E-state index in [4.69, 9.17) is 0 Å². The Balaban J connectivity index is 2.29. The van der Waals surface area contributed by atoms with Gasteiger partial charge in [0.25, 0.3) is 11.8 Å². The van der Waals surface area contributed by atoms with Crippen LogP contribution in [0.3, 0.4) is 0 Å². The lowest BCUT2D eigenvalue weighted by Crippen LogP contribution is -2.29. The standard InChI is InChI=1S/C20H27NO2/c1-19(2,3)13-16(20(4,5)6)14-7-9-15(10-8-14)21-17(22)11-12-18(21)23/h7-12,16H,13H2,1-6H3. The minimum atomic E-state index is -0.273. The number of nitrogens with zero attached hydrogens (tertiary/aromatic N) is 1. The van der Waals surface area contributed by atoms with Crippen LogP contribution in [0.2, 0.25) is 0 Å². The molecule has 23 heavy (non-hydrogen) atoms. The average molecular weight is 313 g/mol. The van der Waals surface area contributed by atoms with Crippen molar-refractivity contribution in [3.8, 4) is 0 Å². The van der Waals surface area contributed by atoms with E-state index in [1.54, 1.807) is 0 Å². The lowest BCUT2D eigenvalue weighted by atomic mass is 9.69. The predicted octanol–water partition coefficient (Wildman–Crippen LogP) is 4.68. The number of imide groups is 1. The Morgan fingerprint density at radius 2 is 1.35 bits per heavy atom. The Morgan fingerprint density at radius 1 is 0.870 bits per heavy atom. The third-order valence-corrected chi connectivity index (χ3v) is 4.22. The third-order valence-electron chi connectivity index (χ3n) is 4.22. The van der Waals surface area contributed by atoms with Crippen molar-refractivity contribution in [3.05, 3.63) is 42.0 Å². The maximum absolute atomic E-state index is 11.8.